The van der Waals surface area contributed by atoms with Gasteiger partial charge in [-0.2, -0.15) is 5.10 Å². The molecule has 0 spiro atoms. The smallest absolute Gasteiger partial charge is 0.214 e. The summed E-state index contributed by atoms with van der Waals surface area (Å²) in [6.07, 6.45) is 0.410. The molecular weight excluding hydrogens is 412 g/mol. The first-order valence-corrected chi connectivity index (χ1v) is 11.2. The zero-order chi connectivity index (χ0) is 21.4. The molecule has 0 bridgehead atoms. The predicted molar refractivity (Wildman–Crippen MR) is 121 cm³/mol. The van der Waals surface area contributed by atoms with E-state index in [1.54, 1.807) is 25.6 Å². The number of hydrogen-bond donors (Lipinski definition) is 0. The highest BCUT2D eigenvalue weighted by Crippen LogP contribution is 2.51. The lowest BCUT2D eigenvalue weighted by atomic mass is 9.97. The molecule has 2 aliphatic rings. The van der Waals surface area contributed by atoms with Crippen molar-refractivity contribution < 1.29 is 18.9 Å². The van der Waals surface area contributed by atoms with E-state index >= 15 is 0 Å². The van der Waals surface area contributed by atoms with Gasteiger partial charge in [-0.3, -0.25) is 0 Å². The molecule has 3 aromatic rings. The van der Waals surface area contributed by atoms with Crippen molar-refractivity contribution in [3.8, 4) is 23.0 Å². The Labute approximate surface area is 185 Å². The molecule has 0 saturated carbocycles. The van der Waals surface area contributed by atoms with Crippen LogP contribution in [0.3, 0.4) is 0 Å². The van der Waals surface area contributed by atoms with Gasteiger partial charge in [-0.25, -0.2) is 5.01 Å². The summed E-state index contributed by atoms with van der Waals surface area (Å²) in [5.41, 5.74) is 3.11. The van der Waals surface area contributed by atoms with E-state index in [4.69, 9.17) is 24.0 Å². The van der Waals surface area contributed by atoms with Crippen molar-refractivity contribution >= 4 is 17.0 Å². The minimum Gasteiger partial charge on any atom is -0.493 e. The third-order valence-electron chi connectivity index (χ3n) is 5.58. The molecule has 1 aromatic heterocycles. The molecule has 0 fully saturated rings. The minimum absolute atomic E-state index is 0.0688. The first-order valence-electron chi connectivity index (χ1n) is 10.3. The fourth-order valence-electron chi connectivity index (χ4n) is 4.17. The Morgan fingerprint density at radius 3 is 2.68 bits per heavy atom. The van der Waals surface area contributed by atoms with Crippen LogP contribution in [0.5, 0.6) is 23.0 Å². The minimum atomic E-state index is -0.406. The summed E-state index contributed by atoms with van der Waals surface area (Å²) in [5.74, 6) is 2.88. The second kappa shape index (κ2) is 8.15. The fraction of sp³-hybridized carbons (Fsp3) is 0.292. The summed E-state index contributed by atoms with van der Waals surface area (Å²) in [6, 6.07) is 16.2. The van der Waals surface area contributed by atoms with Crippen LogP contribution in [0, 0.1) is 0 Å². The van der Waals surface area contributed by atoms with Crippen molar-refractivity contribution in [2.75, 3.05) is 20.8 Å². The zero-order valence-corrected chi connectivity index (χ0v) is 18.5. The van der Waals surface area contributed by atoms with Gasteiger partial charge in [0.05, 0.1) is 37.5 Å². The van der Waals surface area contributed by atoms with Crippen molar-refractivity contribution in [1.29, 1.82) is 0 Å². The van der Waals surface area contributed by atoms with Gasteiger partial charge in [0.2, 0.25) is 6.23 Å². The summed E-state index contributed by atoms with van der Waals surface area (Å²) in [4.78, 5) is 1.18. The fourth-order valence-corrected chi connectivity index (χ4v) is 4.89. The number of hydrazone groups is 1. The molecular formula is C24H24N2O4S. The summed E-state index contributed by atoms with van der Waals surface area (Å²) in [5, 5.41) is 9.15. The Kier molecular flexibility index (Phi) is 5.19. The van der Waals surface area contributed by atoms with Crippen LogP contribution in [0.2, 0.25) is 0 Å². The Bertz CT molecular complexity index is 1110. The number of benzene rings is 2. The maximum atomic E-state index is 6.56. The molecule has 0 radical (unpaired) electrons. The van der Waals surface area contributed by atoms with E-state index in [-0.39, 0.29) is 6.04 Å². The Balaban J connectivity index is 1.62. The van der Waals surface area contributed by atoms with Crippen LogP contribution in [-0.2, 0) is 0 Å². The van der Waals surface area contributed by atoms with Crippen LogP contribution in [0.1, 0.15) is 41.6 Å². The molecule has 160 valence electrons. The SMILES string of the molecule is CCOc1cccc2c1O[C@H](c1ccc(OC)c(OC)c1)N1N=C(c3cccs3)C[C@@H]21. The van der Waals surface area contributed by atoms with Gasteiger partial charge >= 0.3 is 0 Å². The third-order valence-corrected chi connectivity index (χ3v) is 6.50. The van der Waals surface area contributed by atoms with Crippen molar-refractivity contribution in [3.63, 3.8) is 0 Å². The molecule has 3 heterocycles. The highest BCUT2D eigenvalue weighted by Gasteiger charge is 2.42. The third kappa shape index (κ3) is 3.39. The maximum absolute atomic E-state index is 6.56. The molecule has 0 amide bonds. The maximum Gasteiger partial charge on any atom is 0.214 e. The Morgan fingerprint density at radius 1 is 1.06 bits per heavy atom. The van der Waals surface area contributed by atoms with Crippen molar-refractivity contribution in [2.24, 2.45) is 5.10 Å². The van der Waals surface area contributed by atoms with Crippen molar-refractivity contribution in [1.82, 2.24) is 5.01 Å². The number of nitrogens with zero attached hydrogens (tertiary/aromatic N) is 2. The van der Waals surface area contributed by atoms with E-state index in [0.717, 1.165) is 34.8 Å². The lowest BCUT2D eigenvalue weighted by Gasteiger charge is -2.38. The second-order valence-electron chi connectivity index (χ2n) is 7.32. The molecule has 0 N–H and O–H groups in total. The van der Waals surface area contributed by atoms with E-state index in [0.29, 0.717) is 18.1 Å². The van der Waals surface area contributed by atoms with E-state index in [2.05, 4.69) is 28.6 Å². The van der Waals surface area contributed by atoms with Crippen LogP contribution in [0.25, 0.3) is 0 Å². The van der Waals surface area contributed by atoms with Crippen LogP contribution in [-0.4, -0.2) is 31.5 Å². The molecule has 2 aromatic carbocycles. The molecule has 7 heteroatoms. The first-order chi connectivity index (χ1) is 15.2. The molecule has 5 rings (SSSR count). The number of thiophene rings is 1. The lowest BCUT2D eigenvalue weighted by Crippen LogP contribution is -2.34. The lowest BCUT2D eigenvalue weighted by molar-refractivity contribution is -0.0213. The molecule has 2 atom stereocenters. The predicted octanol–water partition coefficient (Wildman–Crippen LogP) is 5.41. The van der Waals surface area contributed by atoms with E-state index in [1.807, 2.05) is 37.3 Å². The van der Waals surface area contributed by atoms with Crippen molar-refractivity contribution in [2.45, 2.75) is 25.6 Å². The molecule has 0 aliphatic carbocycles. The van der Waals surface area contributed by atoms with Gasteiger partial charge in [-0.15, -0.1) is 11.3 Å². The number of methoxy groups -OCH3 is 2. The topological polar surface area (TPSA) is 52.5 Å². The molecule has 6 nitrogen and oxygen atoms in total. The monoisotopic (exact) mass is 436 g/mol. The van der Waals surface area contributed by atoms with Gasteiger partial charge in [0.25, 0.3) is 0 Å². The number of rotatable bonds is 6. The van der Waals surface area contributed by atoms with Gasteiger partial charge in [0, 0.05) is 17.5 Å². The Morgan fingerprint density at radius 2 is 1.94 bits per heavy atom. The summed E-state index contributed by atoms with van der Waals surface area (Å²) in [6.45, 7) is 2.56. The molecule has 2 aliphatic heterocycles. The highest BCUT2D eigenvalue weighted by atomic mass is 32.1. The second-order valence-corrected chi connectivity index (χ2v) is 8.26. The highest BCUT2D eigenvalue weighted by molar-refractivity contribution is 7.12. The van der Waals surface area contributed by atoms with Crippen LogP contribution in [0.4, 0.5) is 0 Å². The summed E-state index contributed by atoms with van der Waals surface area (Å²) >= 11 is 1.71. The Hall–Kier alpha value is -3.19. The van der Waals surface area contributed by atoms with Gasteiger partial charge < -0.3 is 18.9 Å². The first kappa shape index (κ1) is 19.8. The van der Waals surface area contributed by atoms with Crippen LogP contribution >= 0.6 is 11.3 Å². The van der Waals surface area contributed by atoms with Crippen molar-refractivity contribution in [3.05, 3.63) is 69.9 Å². The van der Waals surface area contributed by atoms with Crippen LogP contribution < -0.4 is 18.9 Å². The molecule has 0 saturated heterocycles. The zero-order valence-electron chi connectivity index (χ0n) is 17.7. The van der Waals surface area contributed by atoms with Gasteiger partial charge in [0.15, 0.2) is 23.0 Å². The average molecular weight is 437 g/mol. The van der Waals surface area contributed by atoms with Gasteiger partial charge in [-0.1, -0.05) is 18.2 Å². The standard InChI is InChI=1S/C24H24N2O4S/c1-4-29-20-8-5-7-16-18-14-17(22-9-6-12-31-22)25-26(18)24(30-23(16)20)15-10-11-19(27-2)21(13-15)28-3/h5-13,18,24H,4,14H2,1-3H3/t18-,24+/m0/s1. The van der Waals surface area contributed by atoms with E-state index in [1.165, 1.54) is 4.88 Å². The largest absolute Gasteiger partial charge is 0.493 e. The molecule has 0 unspecified atom stereocenters. The van der Waals surface area contributed by atoms with Crippen LogP contribution in [0.15, 0.2) is 59.0 Å². The average Bonchev–Trinajstić information content (AvgIpc) is 3.48. The summed E-state index contributed by atoms with van der Waals surface area (Å²) in [7, 11) is 3.27. The number of ether oxygens (including phenoxy) is 4. The number of hydrogen-bond acceptors (Lipinski definition) is 7. The van der Waals surface area contributed by atoms with Gasteiger partial charge in [0.1, 0.15) is 0 Å². The molecule has 31 heavy (non-hydrogen) atoms. The number of para-hydroxylation sites is 1. The van der Waals surface area contributed by atoms with E-state index in [9.17, 15) is 0 Å². The summed E-state index contributed by atoms with van der Waals surface area (Å²) < 4.78 is 23.4. The van der Waals surface area contributed by atoms with E-state index < -0.39 is 6.23 Å². The number of fused-ring (bicyclic) bond motifs is 3. The normalized spacial score (nSPS) is 19.2. The quantitative estimate of drug-likeness (QED) is 0.517. The van der Waals surface area contributed by atoms with Gasteiger partial charge in [-0.05, 0) is 42.6 Å².